The molecule has 0 saturated heterocycles. The van der Waals surface area contributed by atoms with E-state index in [1.165, 1.54) is 83.5 Å². The van der Waals surface area contributed by atoms with Gasteiger partial charge in [0.05, 0.1) is 5.75 Å². The predicted molar refractivity (Wildman–Crippen MR) is 90.7 cm³/mol. The highest BCUT2D eigenvalue weighted by Gasteiger charge is 1.97. The van der Waals surface area contributed by atoms with Gasteiger partial charge in [0.1, 0.15) is 0 Å². The summed E-state index contributed by atoms with van der Waals surface area (Å²) >= 11 is 1.54. The normalized spacial score (nSPS) is 10.8. The minimum Gasteiger partial charge on any atom is -0.481 e. The molecule has 2 nitrogen and oxygen atoms in total. The SMILES string of the molecule is CCCCCCCCCCCCCCCSCC(=O)O. The van der Waals surface area contributed by atoms with Crippen molar-refractivity contribution in [3.63, 3.8) is 0 Å². The number of carboxylic acid groups (broad SMARTS) is 1. The Bertz CT molecular complexity index is 207. The standard InChI is InChI=1S/C17H34O2S/c1-2-3-4-5-6-7-8-9-10-11-12-13-14-15-20-16-17(18)19/h2-16H2,1H3,(H,18,19). The molecule has 0 aliphatic carbocycles. The molecule has 0 aromatic carbocycles. The van der Waals surface area contributed by atoms with Crippen molar-refractivity contribution >= 4 is 17.7 Å². The van der Waals surface area contributed by atoms with Crippen LogP contribution in [0.4, 0.5) is 0 Å². The summed E-state index contributed by atoms with van der Waals surface area (Å²) in [6.07, 6.45) is 17.8. The second kappa shape index (κ2) is 16.9. The van der Waals surface area contributed by atoms with Gasteiger partial charge in [-0.1, -0.05) is 84.0 Å². The first-order valence-electron chi connectivity index (χ1n) is 8.57. The second-order valence-corrected chi connectivity index (χ2v) is 6.79. The van der Waals surface area contributed by atoms with Crippen LogP contribution in [-0.2, 0) is 4.79 Å². The third-order valence-corrected chi connectivity index (χ3v) is 4.65. The molecule has 20 heavy (non-hydrogen) atoms. The van der Waals surface area contributed by atoms with E-state index in [2.05, 4.69) is 6.92 Å². The molecule has 0 saturated carbocycles. The van der Waals surface area contributed by atoms with Crippen molar-refractivity contribution in [2.45, 2.75) is 90.4 Å². The number of unbranched alkanes of at least 4 members (excludes halogenated alkanes) is 12. The maximum absolute atomic E-state index is 10.3. The molecule has 0 fully saturated rings. The van der Waals surface area contributed by atoms with Gasteiger partial charge in [0.15, 0.2) is 0 Å². The first-order valence-corrected chi connectivity index (χ1v) is 9.72. The first kappa shape index (κ1) is 19.8. The molecule has 0 atom stereocenters. The molecule has 0 amide bonds. The van der Waals surface area contributed by atoms with Crippen molar-refractivity contribution in [3.05, 3.63) is 0 Å². The van der Waals surface area contributed by atoms with Crippen molar-refractivity contribution < 1.29 is 9.90 Å². The highest BCUT2D eigenvalue weighted by atomic mass is 32.2. The lowest BCUT2D eigenvalue weighted by Gasteiger charge is -2.03. The molecule has 0 aromatic heterocycles. The van der Waals surface area contributed by atoms with Crippen LogP contribution in [0.3, 0.4) is 0 Å². The molecule has 1 N–H and O–H groups in total. The molecule has 3 heteroatoms. The predicted octanol–water partition coefficient (Wildman–Crippen LogP) is 5.90. The van der Waals surface area contributed by atoms with Gasteiger partial charge in [0.25, 0.3) is 0 Å². The molecule has 0 heterocycles. The summed E-state index contributed by atoms with van der Waals surface area (Å²) in [5, 5.41) is 8.50. The maximum Gasteiger partial charge on any atom is 0.313 e. The number of aliphatic carboxylic acids is 1. The van der Waals surface area contributed by atoms with E-state index in [1.54, 1.807) is 11.8 Å². The fraction of sp³-hybridized carbons (Fsp3) is 0.941. The van der Waals surface area contributed by atoms with Gasteiger partial charge in [-0.15, -0.1) is 0 Å². The number of rotatable bonds is 16. The molecule has 0 radical (unpaired) electrons. The molecule has 0 spiro atoms. The number of thioether (sulfide) groups is 1. The molecule has 0 aromatic rings. The van der Waals surface area contributed by atoms with Crippen molar-refractivity contribution in [2.24, 2.45) is 0 Å². The Hall–Kier alpha value is -0.180. The summed E-state index contributed by atoms with van der Waals surface area (Å²) in [5.41, 5.74) is 0. The Kier molecular flexibility index (Phi) is 16.7. The van der Waals surface area contributed by atoms with Gasteiger partial charge >= 0.3 is 5.97 Å². The van der Waals surface area contributed by atoms with Crippen molar-refractivity contribution in [3.8, 4) is 0 Å². The fourth-order valence-electron chi connectivity index (χ4n) is 2.38. The lowest BCUT2D eigenvalue weighted by molar-refractivity contribution is -0.133. The lowest BCUT2D eigenvalue weighted by Crippen LogP contribution is -1.98. The van der Waals surface area contributed by atoms with E-state index in [0.717, 1.165) is 5.75 Å². The largest absolute Gasteiger partial charge is 0.481 e. The Morgan fingerprint density at radius 1 is 0.750 bits per heavy atom. The number of carbonyl (C=O) groups is 1. The maximum atomic E-state index is 10.3. The van der Waals surface area contributed by atoms with Gasteiger partial charge in [-0.3, -0.25) is 4.79 Å². The fourth-order valence-corrected chi connectivity index (χ4v) is 3.11. The number of hydrogen-bond donors (Lipinski definition) is 1. The summed E-state index contributed by atoms with van der Waals surface area (Å²) in [5.74, 6) is 0.576. The Morgan fingerprint density at radius 2 is 1.15 bits per heavy atom. The Labute approximate surface area is 130 Å². The van der Waals surface area contributed by atoms with E-state index >= 15 is 0 Å². The Morgan fingerprint density at radius 3 is 1.55 bits per heavy atom. The third-order valence-electron chi connectivity index (χ3n) is 3.62. The van der Waals surface area contributed by atoms with Gasteiger partial charge in [-0.25, -0.2) is 0 Å². The molecule has 0 aliphatic heterocycles. The zero-order valence-electron chi connectivity index (χ0n) is 13.4. The number of carboxylic acids is 1. The summed E-state index contributed by atoms with van der Waals surface area (Å²) in [4.78, 5) is 10.3. The molecule has 120 valence electrons. The zero-order chi connectivity index (χ0) is 14.9. The Balaban J connectivity index is 2.94. The minimum atomic E-state index is -0.690. The van der Waals surface area contributed by atoms with Crippen molar-refractivity contribution in [2.75, 3.05) is 11.5 Å². The van der Waals surface area contributed by atoms with Crippen molar-refractivity contribution in [1.82, 2.24) is 0 Å². The van der Waals surface area contributed by atoms with Crippen LogP contribution in [0.5, 0.6) is 0 Å². The molecule has 0 unspecified atom stereocenters. The third kappa shape index (κ3) is 17.8. The van der Waals surface area contributed by atoms with Crippen molar-refractivity contribution in [1.29, 1.82) is 0 Å². The molecule has 0 aliphatic rings. The van der Waals surface area contributed by atoms with E-state index in [0.29, 0.717) is 0 Å². The van der Waals surface area contributed by atoms with Crippen LogP contribution in [0.1, 0.15) is 90.4 Å². The first-order chi connectivity index (χ1) is 9.77. The van der Waals surface area contributed by atoms with Crippen LogP contribution in [0.2, 0.25) is 0 Å². The van der Waals surface area contributed by atoms with Crippen LogP contribution in [-0.4, -0.2) is 22.6 Å². The number of hydrogen-bond acceptors (Lipinski definition) is 2. The van der Waals surface area contributed by atoms with Crippen LogP contribution < -0.4 is 0 Å². The van der Waals surface area contributed by atoms with Gasteiger partial charge in [-0.2, -0.15) is 11.8 Å². The van der Waals surface area contributed by atoms with E-state index in [1.807, 2.05) is 0 Å². The van der Waals surface area contributed by atoms with Crippen LogP contribution in [0, 0.1) is 0 Å². The van der Waals surface area contributed by atoms with Gasteiger partial charge in [0, 0.05) is 0 Å². The quantitative estimate of drug-likeness (QED) is 0.361. The molecular weight excluding hydrogens is 268 g/mol. The molecular formula is C17H34O2S. The summed E-state index contributed by atoms with van der Waals surface area (Å²) in [7, 11) is 0. The van der Waals surface area contributed by atoms with Gasteiger partial charge in [0.2, 0.25) is 0 Å². The van der Waals surface area contributed by atoms with E-state index in [-0.39, 0.29) is 5.75 Å². The van der Waals surface area contributed by atoms with E-state index in [9.17, 15) is 4.79 Å². The highest BCUT2D eigenvalue weighted by molar-refractivity contribution is 7.99. The monoisotopic (exact) mass is 302 g/mol. The van der Waals surface area contributed by atoms with Crippen LogP contribution in [0.15, 0.2) is 0 Å². The topological polar surface area (TPSA) is 37.3 Å². The minimum absolute atomic E-state index is 0.262. The average molecular weight is 303 g/mol. The van der Waals surface area contributed by atoms with Crippen LogP contribution in [0.25, 0.3) is 0 Å². The van der Waals surface area contributed by atoms with Gasteiger partial charge < -0.3 is 5.11 Å². The van der Waals surface area contributed by atoms with E-state index in [4.69, 9.17) is 5.11 Å². The zero-order valence-corrected chi connectivity index (χ0v) is 14.2. The summed E-state index contributed by atoms with van der Waals surface area (Å²) in [6, 6.07) is 0. The molecule has 0 bridgehead atoms. The lowest BCUT2D eigenvalue weighted by atomic mass is 10.1. The molecule has 0 rings (SSSR count). The summed E-state index contributed by atoms with van der Waals surface area (Å²) < 4.78 is 0. The van der Waals surface area contributed by atoms with Crippen LogP contribution >= 0.6 is 11.8 Å². The highest BCUT2D eigenvalue weighted by Crippen LogP contribution is 2.13. The smallest absolute Gasteiger partial charge is 0.313 e. The van der Waals surface area contributed by atoms with Gasteiger partial charge in [-0.05, 0) is 12.2 Å². The van der Waals surface area contributed by atoms with E-state index < -0.39 is 5.97 Å². The summed E-state index contributed by atoms with van der Waals surface area (Å²) in [6.45, 7) is 2.27. The average Bonchev–Trinajstić information content (AvgIpc) is 2.43. The second-order valence-electron chi connectivity index (χ2n) is 5.69.